The molecule has 1 aliphatic rings. The van der Waals surface area contributed by atoms with Crippen LogP contribution in [0.3, 0.4) is 0 Å². The van der Waals surface area contributed by atoms with Gasteiger partial charge in [0.2, 0.25) is 0 Å². The van der Waals surface area contributed by atoms with E-state index in [9.17, 15) is 0 Å². The maximum Gasteiger partial charge on any atom is 0.0719 e. The molecule has 1 N–H and O–H groups in total. The van der Waals surface area contributed by atoms with E-state index in [1.54, 1.807) is 0 Å². The highest BCUT2D eigenvalue weighted by atomic mass is 15.2. The first-order chi connectivity index (χ1) is 21.4. The lowest BCUT2D eigenvalue weighted by Gasteiger charge is -2.52. The Kier molecular flexibility index (Phi) is 7.06. The molecule has 44 heavy (non-hydrogen) atoms. The molecule has 0 aliphatic heterocycles. The third-order valence-corrected chi connectivity index (χ3v) is 9.12. The van der Waals surface area contributed by atoms with Crippen LogP contribution < -0.4 is 4.90 Å². The van der Waals surface area contributed by atoms with E-state index in [2.05, 4.69) is 188 Å². The van der Waals surface area contributed by atoms with Crippen LogP contribution >= 0.6 is 0 Å². The topological polar surface area (TPSA) is 19.0 Å². The summed E-state index contributed by atoms with van der Waals surface area (Å²) in [6.07, 6.45) is 12.5. The molecule has 1 atom stereocenters. The molecule has 2 heteroatoms. The van der Waals surface area contributed by atoms with Gasteiger partial charge in [0.15, 0.2) is 0 Å². The molecule has 0 radical (unpaired) electrons. The van der Waals surface area contributed by atoms with Gasteiger partial charge < -0.3 is 9.88 Å². The summed E-state index contributed by atoms with van der Waals surface area (Å²) in [5.41, 5.74) is 9.15. The second-order valence-electron chi connectivity index (χ2n) is 12.8. The third kappa shape index (κ3) is 4.97. The maximum atomic E-state index is 3.75. The van der Waals surface area contributed by atoms with E-state index in [0.29, 0.717) is 0 Å². The van der Waals surface area contributed by atoms with Crippen molar-refractivity contribution in [1.29, 1.82) is 0 Å². The molecule has 2 nitrogen and oxygen atoms in total. The van der Waals surface area contributed by atoms with E-state index >= 15 is 0 Å². The first kappa shape index (κ1) is 27.7. The first-order valence-corrected chi connectivity index (χ1v) is 15.5. The van der Waals surface area contributed by atoms with Crippen molar-refractivity contribution in [2.75, 3.05) is 4.90 Å². The van der Waals surface area contributed by atoms with E-state index in [4.69, 9.17) is 0 Å². The Labute approximate surface area is 260 Å². The largest absolute Gasteiger partial charge is 0.354 e. The first-order valence-electron chi connectivity index (χ1n) is 15.5. The van der Waals surface area contributed by atoms with Crippen molar-refractivity contribution in [2.45, 2.75) is 32.7 Å². The Balaban J connectivity index is 1.43. The van der Waals surface area contributed by atoms with E-state index in [-0.39, 0.29) is 11.0 Å². The molecule has 0 bridgehead atoms. The molecule has 0 saturated heterocycles. The molecular weight excluding hydrogens is 532 g/mol. The summed E-state index contributed by atoms with van der Waals surface area (Å²) in [4.78, 5) is 6.34. The number of nitrogens with zero attached hydrogens (tertiary/aromatic N) is 1. The minimum absolute atomic E-state index is 0.0907. The van der Waals surface area contributed by atoms with Gasteiger partial charge in [-0.05, 0) is 58.9 Å². The minimum Gasteiger partial charge on any atom is -0.354 e. The highest BCUT2D eigenvalue weighted by Gasteiger charge is 2.46. The summed E-state index contributed by atoms with van der Waals surface area (Å²) in [5, 5.41) is 2.48. The average molecular weight is 571 g/mol. The number of nitrogens with one attached hydrogen (secondary N) is 1. The zero-order valence-corrected chi connectivity index (χ0v) is 25.7. The van der Waals surface area contributed by atoms with Crippen LogP contribution in [0.1, 0.15) is 32.8 Å². The van der Waals surface area contributed by atoms with Crippen LogP contribution in [0, 0.1) is 5.41 Å². The molecule has 0 fully saturated rings. The zero-order valence-electron chi connectivity index (χ0n) is 25.7. The number of rotatable bonds is 6. The molecule has 216 valence electrons. The van der Waals surface area contributed by atoms with Gasteiger partial charge in [-0.3, -0.25) is 0 Å². The number of hydrogen-bond donors (Lipinski definition) is 1. The van der Waals surface area contributed by atoms with Crippen LogP contribution in [0.25, 0.3) is 39.0 Å². The summed E-state index contributed by atoms with van der Waals surface area (Å²) in [6.45, 7) is 7.11. The zero-order chi connectivity index (χ0) is 30.1. The summed E-state index contributed by atoms with van der Waals surface area (Å²) < 4.78 is 0. The Morgan fingerprint density at radius 2 is 1.34 bits per heavy atom. The van der Waals surface area contributed by atoms with Crippen LogP contribution in [0.2, 0.25) is 0 Å². The van der Waals surface area contributed by atoms with Gasteiger partial charge in [0, 0.05) is 33.2 Å². The Bertz CT molecular complexity index is 2010. The van der Waals surface area contributed by atoms with Crippen molar-refractivity contribution in [3.8, 4) is 11.1 Å². The number of H-pyrrole nitrogens is 1. The monoisotopic (exact) mass is 570 g/mol. The quantitative estimate of drug-likeness (QED) is 0.211. The van der Waals surface area contributed by atoms with Crippen molar-refractivity contribution in [3.05, 3.63) is 163 Å². The number of anilines is 2. The highest BCUT2D eigenvalue weighted by Crippen LogP contribution is 2.50. The van der Waals surface area contributed by atoms with E-state index < -0.39 is 0 Å². The van der Waals surface area contributed by atoms with Gasteiger partial charge in [-0.15, -0.1) is 0 Å². The molecule has 1 heterocycles. The van der Waals surface area contributed by atoms with Crippen molar-refractivity contribution in [3.63, 3.8) is 0 Å². The summed E-state index contributed by atoms with van der Waals surface area (Å²) in [7, 11) is 0. The lowest BCUT2D eigenvalue weighted by molar-refractivity contribution is 0.239. The number of para-hydroxylation sites is 2. The highest BCUT2D eigenvalue weighted by molar-refractivity contribution is 6.13. The van der Waals surface area contributed by atoms with Gasteiger partial charge in [-0.25, -0.2) is 0 Å². The Hall–Kier alpha value is -5.08. The molecule has 1 aromatic heterocycles. The molecule has 0 amide bonds. The van der Waals surface area contributed by atoms with Gasteiger partial charge in [-0.2, -0.15) is 0 Å². The maximum absolute atomic E-state index is 3.75. The van der Waals surface area contributed by atoms with Gasteiger partial charge in [0.05, 0.1) is 11.1 Å². The second-order valence-corrected chi connectivity index (χ2v) is 12.8. The lowest BCUT2D eigenvalue weighted by Crippen LogP contribution is -2.54. The van der Waals surface area contributed by atoms with Gasteiger partial charge in [0.25, 0.3) is 0 Å². The number of benzene rings is 5. The molecule has 0 spiro atoms. The van der Waals surface area contributed by atoms with Gasteiger partial charge in [-0.1, -0.05) is 148 Å². The SMILES string of the molecule is CC(C)(C)C1(N(c2ccccc2)c2cc(-c3ccccc3)c3[nH]c4ccccc4c3c2)C=CC(C=Cc2ccccc2)=CC1. The average Bonchev–Trinajstić information content (AvgIpc) is 3.44. The van der Waals surface area contributed by atoms with E-state index in [0.717, 1.165) is 11.9 Å². The number of aromatic amines is 1. The number of allylic oxidation sites excluding steroid dienone is 3. The Morgan fingerprint density at radius 1 is 0.682 bits per heavy atom. The predicted octanol–water partition coefficient (Wildman–Crippen LogP) is 11.5. The normalized spacial score (nSPS) is 16.9. The standard InChI is InChI=1S/C42H38N2/c1-41(2,3)42(27-25-32(26-28-42)24-23-31-15-7-4-8-16-31)44(34-19-11-6-12-20-34)35-29-37(33-17-9-5-10-18-33)40-38(30-35)36-21-13-14-22-39(36)43-40/h4-27,29-30,43H,28H2,1-3H3. The van der Waals surface area contributed by atoms with Crippen molar-refractivity contribution < 1.29 is 0 Å². The molecule has 6 aromatic rings. The van der Waals surface area contributed by atoms with Crippen LogP contribution in [-0.4, -0.2) is 10.5 Å². The van der Waals surface area contributed by atoms with E-state index in [1.165, 1.54) is 49.9 Å². The molecule has 7 rings (SSSR count). The predicted molar refractivity (Wildman–Crippen MR) is 189 cm³/mol. The van der Waals surface area contributed by atoms with E-state index in [1.807, 2.05) is 0 Å². The van der Waals surface area contributed by atoms with Gasteiger partial charge in [0.1, 0.15) is 0 Å². The molecular formula is C42H38N2. The van der Waals surface area contributed by atoms with Crippen LogP contribution in [0.4, 0.5) is 11.4 Å². The summed E-state index contributed by atoms with van der Waals surface area (Å²) in [6, 6.07) is 45.6. The molecule has 5 aromatic carbocycles. The molecule has 1 unspecified atom stereocenters. The lowest BCUT2D eigenvalue weighted by atomic mass is 9.67. The number of aromatic nitrogens is 1. The second kappa shape index (κ2) is 11.2. The molecule has 1 aliphatic carbocycles. The third-order valence-electron chi connectivity index (χ3n) is 9.12. The van der Waals surface area contributed by atoms with Crippen molar-refractivity contribution in [1.82, 2.24) is 4.98 Å². The van der Waals surface area contributed by atoms with Crippen molar-refractivity contribution in [2.24, 2.45) is 5.41 Å². The fourth-order valence-corrected chi connectivity index (χ4v) is 6.68. The minimum atomic E-state index is -0.313. The van der Waals surface area contributed by atoms with Crippen LogP contribution in [0.15, 0.2) is 157 Å². The fourth-order valence-electron chi connectivity index (χ4n) is 6.68. The summed E-state index contributed by atoms with van der Waals surface area (Å²) in [5.74, 6) is 0. The van der Waals surface area contributed by atoms with Crippen molar-refractivity contribution >= 4 is 39.3 Å². The summed E-state index contributed by atoms with van der Waals surface area (Å²) >= 11 is 0. The Morgan fingerprint density at radius 3 is 2.02 bits per heavy atom. The number of fused-ring (bicyclic) bond motifs is 3. The number of hydrogen-bond acceptors (Lipinski definition) is 1. The molecule has 0 saturated carbocycles. The van der Waals surface area contributed by atoms with Crippen LogP contribution in [-0.2, 0) is 0 Å². The van der Waals surface area contributed by atoms with Gasteiger partial charge >= 0.3 is 0 Å². The van der Waals surface area contributed by atoms with Crippen LogP contribution in [0.5, 0.6) is 0 Å². The smallest absolute Gasteiger partial charge is 0.0719 e. The fraction of sp³-hybridized carbons (Fsp3) is 0.143.